The maximum Gasteiger partial charge on any atom is 0.327 e. The van der Waals surface area contributed by atoms with Gasteiger partial charge in [0.15, 0.2) is 0 Å². The summed E-state index contributed by atoms with van der Waals surface area (Å²) in [6, 6.07) is 0. The van der Waals surface area contributed by atoms with Crippen LogP contribution < -0.4 is 0 Å². The van der Waals surface area contributed by atoms with Crippen LogP contribution in [-0.2, 0) is 23.9 Å². The normalized spacial score (nSPS) is 15.9. The smallest absolute Gasteiger partial charge is 0.327 e. The molecule has 24 heavy (non-hydrogen) atoms. The Bertz CT molecular complexity index is 414. The van der Waals surface area contributed by atoms with Crippen LogP contribution in [0.3, 0.4) is 0 Å². The summed E-state index contributed by atoms with van der Waals surface area (Å²) in [5, 5.41) is 0. The average Bonchev–Trinajstić information content (AvgIpc) is 2.53. The Kier molecular flexibility index (Phi) is 9.51. The zero-order chi connectivity index (χ0) is 17.9. The minimum absolute atomic E-state index is 0.160. The van der Waals surface area contributed by atoms with Gasteiger partial charge in [-0.2, -0.15) is 0 Å². The fourth-order valence-corrected chi connectivity index (χ4v) is 2.50. The van der Waals surface area contributed by atoms with Crippen molar-refractivity contribution in [3.05, 3.63) is 0 Å². The zero-order valence-electron chi connectivity index (χ0n) is 15.0. The van der Waals surface area contributed by atoms with Gasteiger partial charge in [-0.05, 0) is 20.0 Å². The Morgan fingerprint density at radius 1 is 1.04 bits per heavy atom. The highest BCUT2D eigenvalue weighted by atomic mass is 16.6. The standard InChI is InChI=1S/C16H29N3O5/c1-4-17(7-9-18(5-2)11-14(20)23-6-3)8-10-19-12-15(21)24-16(22)13-19/h4-13H2,1-3H3. The second kappa shape index (κ2) is 11.1. The largest absolute Gasteiger partial charge is 0.465 e. The summed E-state index contributed by atoms with van der Waals surface area (Å²) in [4.78, 5) is 40.2. The highest BCUT2D eigenvalue weighted by Crippen LogP contribution is 2.01. The average molecular weight is 343 g/mol. The number of morpholine rings is 1. The number of hydrogen-bond donors (Lipinski definition) is 0. The number of carbonyl (C=O) groups is 3. The van der Waals surface area contributed by atoms with Crippen LogP contribution in [-0.4, -0.2) is 98.1 Å². The van der Waals surface area contributed by atoms with Crippen molar-refractivity contribution >= 4 is 17.9 Å². The summed E-state index contributed by atoms with van der Waals surface area (Å²) in [6.45, 7) is 11.5. The number of carbonyl (C=O) groups excluding carboxylic acids is 3. The highest BCUT2D eigenvalue weighted by Gasteiger charge is 2.24. The Hall–Kier alpha value is -1.51. The first-order chi connectivity index (χ1) is 11.5. The summed E-state index contributed by atoms with van der Waals surface area (Å²) in [5.41, 5.74) is 0. The molecule has 0 saturated carbocycles. The van der Waals surface area contributed by atoms with Crippen LogP contribution in [0, 0.1) is 0 Å². The predicted octanol–water partition coefficient (Wildman–Crippen LogP) is -0.421. The molecule has 1 saturated heterocycles. The summed E-state index contributed by atoms with van der Waals surface area (Å²) >= 11 is 0. The number of ether oxygens (including phenoxy) is 2. The van der Waals surface area contributed by atoms with Crippen LogP contribution in [0.15, 0.2) is 0 Å². The number of hydrogen-bond acceptors (Lipinski definition) is 8. The van der Waals surface area contributed by atoms with E-state index >= 15 is 0 Å². The van der Waals surface area contributed by atoms with Gasteiger partial charge in [0.2, 0.25) is 0 Å². The molecule has 0 unspecified atom stereocenters. The molecule has 1 aliphatic heterocycles. The number of nitrogens with zero attached hydrogens (tertiary/aromatic N) is 3. The molecule has 8 heteroatoms. The molecule has 0 aromatic rings. The van der Waals surface area contributed by atoms with Crippen molar-refractivity contribution < 1.29 is 23.9 Å². The summed E-state index contributed by atoms with van der Waals surface area (Å²) in [6.07, 6.45) is 0. The van der Waals surface area contributed by atoms with Crippen molar-refractivity contribution in [3.63, 3.8) is 0 Å². The molecular formula is C16H29N3O5. The molecule has 1 aliphatic rings. The second-order valence-corrected chi connectivity index (χ2v) is 5.66. The summed E-state index contributed by atoms with van der Waals surface area (Å²) in [7, 11) is 0. The molecule has 0 N–H and O–H groups in total. The van der Waals surface area contributed by atoms with Crippen LogP contribution in [0.1, 0.15) is 20.8 Å². The Labute approximate surface area is 143 Å². The first-order valence-corrected chi connectivity index (χ1v) is 8.54. The number of likely N-dealkylation sites (N-methyl/N-ethyl adjacent to an activating group) is 2. The fourth-order valence-electron chi connectivity index (χ4n) is 2.50. The molecule has 138 valence electrons. The molecule has 0 aromatic heterocycles. The molecule has 0 radical (unpaired) electrons. The van der Waals surface area contributed by atoms with Gasteiger partial charge in [0.1, 0.15) is 0 Å². The van der Waals surface area contributed by atoms with Crippen molar-refractivity contribution in [3.8, 4) is 0 Å². The van der Waals surface area contributed by atoms with Gasteiger partial charge in [0.25, 0.3) is 0 Å². The minimum atomic E-state index is -0.485. The Balaban J connectivity index is 2.33. The molecular weight excluding hydrogens is 314 g/mol. The molecule has 0 spiro atoms. The van der Waals surface area contributed by atoms with Crippen LogP contribution in [0.2, 0.25) is 0 Å². The molecule has 0 aromatic carbocycles. The monoisotopic (exact) mass is 343 g/mol. The topological polar surface area (TPSA) is 79.4 Å². The van der Waals surface area contributed by atoms with E-state index in [0.717, 1.165) is 32.7 Å². The summed E-state index contributed by atoms with van der Waals surface area (Å²) in [5.74, 6) is -1.17. The van der Waals surface area contributed by atoms with Crippen molar-refractivity contribution in [1.29, 1.82) is 0 Å². The van der Waals surface area contributed by atoms with E-state index in [0.29, 0.717) is 19.7 Å². The molecule has 0 aliphatic carbocycles. The molecule has 1 heterocycles. The SMILES string of the molecule is CCOC(=O)CN(CC)CCN(CC)CCN1CC(=O)OC(=O)C1. The van der Waals surface area contributed by atoms with Crippen LogP contribution in [0.5, 0.6) is 0 Å². The lowest BCUT2D eigenvalue weighted by atomic mass is 10.3. The molecule has 1 rings (SSSR count). The van der Waals surface area contributed by atoms with Gasteiger partial charge in [-0.15, -0.1) is 0 Å². The van der Waals surface area contributed by atoms with Crippen molar-refractivity contribution in [2.24, 2.45) is 0 Å². The van der Waals surface area contributed by atoms with Gasteiger partial charge >= 0.3 is 17.9 Å². The van der Waals surface area contributed by atoms with E-state index in [1.165, 1.54) is 0 Å². The summed E-state index contributed by atoms with van der Waals surface area (Å²) < 4.78 is 9.49. The minimum Gasteiger partial charge on any atom is -0.465 e. The van der Waals surface area contributed by atoms with Crippen LogP contribution in [0.4, 0.5) is 0 Å². The van der Waals surface area contributed by atoms with Crippen molar-refractivity contribution in [2.75, 3.05) is 65.5 Å². The van der Waals surface area contributed by atoms with E-state index in [-0.39, 0.29) is 19.1 Å². The van der Waals surface area contributed by atoms with E-state index < -0.39 is 11.9 Å². The van der Waals surface area contributed by atoms with Crippen LogP contribution >= 0.6 is 0 Å². The van der Waals surface area contributed by atoms with Crippen molar-refractivity contribution in [1.82, 2.24) is 14.7 Å². The predicted molar refractivity (Wildman–Crippen MR) is 88.4 cm³/mol. The third-order valence-corrected chi connectivity index (χ3v) is 3.95. The maximum absolute atomic E-state index is 11.6. The van der Waals surface area contributed by atoms with E-state index in [9.17, 15) is 14.4 Å². The lowest BCUT2D eigenvalue weighted by Gasteiger charge is -2.29. The zero-order valence-corrected chi connectivity index (χ0v) is 15.0. The van der Waals surface area contributed by atoms with Gasteiger partial charge in [0, 0.05) is 26.2 Å². The third kappa shape index (κ3) is 7.85. The van der Waals surface area contributed by atoms with E-state index in [1.807, 2.05) is 11.8 Å². The molecule has 0 bridgehead atoms. The Morgan fingerprint density at radius 2 is 1.62 bits per heavy atom. The quantitative estimate of drug-likeness (QED) is 0.370. The number of rotatable bonds is 11. The Morgan fingerprint density at radius 3 is 2.17 bits per heavy atom. The first-order valence-electron chi connectivity index (χ1n) is 8.54. The molecule has 0 amide bonds. The highest BCUT2D eigenvalue weighted by molar-refractivity contribution is 5.90. The van der Waals surface area contributed by atoms with Gasteiger partial charge in [-0.25, -0.2) is 0 Å². The molecule has 1 fully saturated rings. The van der Waals surface area contributed by atoms with E-state index in [4.69, 9.17) is 4.74 Å². The fraction of sp³-hybridized carbons (Fsp3) is 0.812. The van der Waals surface area contributed by atoms with Crippen LogP contribution in [0.25, 0.3) is 0 Å². The van der Waals surface area contributed by atoms with Gasteiger partial charge < -0.3 is 14.4 Å². The van der Waals surface area contributed by atoms with E-state index in [2.05, 4.69) is 16.6 Å². The van der Waals surface area contributed by atoms with Crippen molar-refractivity contribution in [2.45, 2.75) is 20.8 Å². The number of esters is 3. The molecule has 0 atom stereocenters. The van der Waals surface area contributed by atoms with Gasteiger partial charge in [-0.3, -0.25) is 24.2 Å². The van der Waals surface area contributed by atoms with E-state index in [1.54, 1.807) is 11.8 Å². The lowest BCUT2D eigenvalue weighted by Crippen LogP contribution is -2.47. The lowest BCUT2D eigenvalue weighted by molar-refractivity contribution is -0.166. The third-order valence-electron chi connectivity index (χ3n) is 3.95. The van der Waals surface area contributed by atoms with Gasteiger partial charge in [-0.1, -0.05) is 13.8 Å². The second-order valence-electron chi connectivity index (χ2n) is 5.66. The number of cyclic esters (lactones) is 2. The maximum atomic E-state index is 11.6. The van der Waals surface area contributed by atoms with Gasteiger partial charge in [0.05, 0.1) is 26.2 Å². The first kappa shape index (κ1) is 20.5. The molecule has 8 nitrogen and oxygen atoms in total.